The van der Waals surface area contributed by atoms with Crippen molar-refractivity contribution in [2.45, 2.75) is 38.6 Å². The van der Waals surface area contributed by atoms with Crippen LogP contribution in [0, 0.1) is 11.8 Å². The Morgan fingerprint density at radius 2 is 2.05 bits per heavy atom. The Bertz CT molecular complexity index is 1400. The Kier molecular flexibility index (Phi) is 9.33. The molecule has 0 saturated heterocycles. The Balaban J connectivity index is 1.71. The molecule has 2 aromatic rings. The predicted octanol–water partition coefficient (Wildman–Crippen LogP) is 6.33. The molecule has 0 bridgehead atoms. The summed E-state index contributed by atoms with van der Waals surface area (Å²) in [7, 11) is 3.22. The molecular formula is C34H38N2O4. The number of nitrogens with zero attached hydrogens (tertiary/aromatic N) is 1. The number of carbonyl (C=O) groups excluding carboxylic acids is 2. The number of amides is 1. The number of hydrogen-bond donors (Lipinski definition) is 1. The lowest BCUT2D eigenvalue weighted by molar-refractivity contribution is -0.117. The lowest BCUT2D eigenvalue weighted by Crippen LogP contribution is -2.49. The third-order valence-electron chi connectivity index (χ3n) is 7.84. The highest BCUT2D eigenvalue weighted by molar-refractivity contribution is 6.40. The average Bonchev–Trinajstić information content (AvgIpc) is 3.36. The van der Waals surface area contributed by atoms with Crippen molar-refractivity contribution in [1.29, 1.82) is 0 Å². The van der Waals surface area contributed by atoms with Gasteiger partial charge in [-0.25, -0.2) is 0 Å². The Labute approximate surface area is 237 Å². The zero-order chi connectivity index (χ0) is 28.7. The van der Waals surface area contributed by atoms with Crippen molar-refractivity contribution >= 4 is 29.6 Å². The highest BCUT2D eigenvalue weighted by atomic mass is 16.5. The summed E-state index contributed by atoms with van der Waals surface area (Å²) in [5.41, 5.74) is 6.03. The van der Waals surface area contributed by atoms with Crippen LogP contribution in [-0.4, -0.2) is 38.7 Å². The van der Waals surface area contributed by atoms with Gasteiger partial charge in [0.1, 0.15) is 11.5 Å². The third kappa shape index (κ3) is 6.07. The van der Waals surface area contributed by atoms with Crippen molar-refractivity contribution < 1.29 is 19.1 Å². The minimum Gasteiger partial charge on any atom is -0.496 e. The van der Waals surface area contributed by atoms with E-state index in [4.69, 9.17) is 9.47 Å². The maximum absolute atomic E-state index is 13.7. The molecule has 1 N–H and O–H groups in total. The summed E-state index contributed by atoms with van der Waals surface area (Å²) < 4.78 is 10.8. The molecule has 4 rings (SSSR count). The molecule has 1 aliphatic carbocycles. The molecule has 0 saturated carbocycles. The second-order valence-electron chi connectivity index (χ2n) is 10.6. The van der Waals surface area contributed by atoms with Gasteiger partial charge < -0.3 is 14.8 Å². The van der Waals surface area contributed by atoms with Gasteiger partial charge in [-0.3, -0.25) is 14.6 Å². The van der Waals surface area contributed by atoms with E-state index >= 15 is 0 Å². The van der Waals surface area contributed by atoms with Crippen molar-refractivity contribution in [2.75, 3.05) is 20.8 Å². The highest BCUT2D eigenvalue weighted by Gasteiger charge is 2.36. The Hall–Kier alpha value is -4.03. The van der Waals surface area contributed by atoms with Gasteiger partial charge in [0.15, 0.2) is 6.29 Å². The summed E-state index contributed by atoms with van der Waals surface area (Å²) in [5.74, 6) is 0.420. The number of hydrogen-bond acceptors (Lipinski definition) is 5. The van der Waals surface area contributed by atoms with Crippen LogP contribution in [0.2, 0.25) is 0 Å². The first-order chi connectivity index (χ1) is 19.3. The van der Waals surface area contributed by atoms with Gasteiger partial charge in [-0.05, 0) is 72.1 Å². The quantitative estimate of drug-likeness (QED) is 0.268. The van der Waals surface area contributed by atoms with E-state index in [1.54, 1.807) is 32.6 Å². The summed E-state index contributed by atoms with van der Waals surface area (Å²) in [6.45, 7) is 8.39. The predicted molar refractivity (Wildman–Crippen MR) is 162 cm³/mol. The number of benzene rings is 2. The van der Waals surface area contributed by atoms with Crippen LogP contribution in [-0.2, 0) is 21.5 Å². The summed E-state index contributed by atoms with van der Waals surface area (Å²) >= 11 is 0. The number of carbonyl (C=O) groups is 2. The van der Waals surface area contributed by atoms with Gasteiger partial charge in [-0.1, -0.05) is 68.1 Å². The molecule has 0 fully saturated rings. The van der Waals surface area contributed by atoms with E-state index in [9.17, 15) is 9.59 Å². The SMILES string of the molecule is C=C/C=C\CC(C)(NC(=O)C1=NC=CC(C)[C@@H]1COC)c1cccc2c1CC/C2=C\c1ccc(C=O)c(OC)c1. The van der Waals surface area contributed by atoms with Crippen LogP contribution in [0.3, 0.4) is 0 Å². The van der Waals surface area contributed by atoms with Gasteiger partial charge >= 0.3 is 0 Å². The van der Waals surface area contributed by atoms with E-state index in [2.05, 4.69) is 55.0 Å². The van der Waals surface area contributed by atoms with E-state index in [0.717, 1.165) is 30.3 Å². The topological polar surface area (TPSA) is 77.0 Å². The van der Waals surface area contributed by atoms with Crippen LogP contribution in [0.25, 0.3) is 11.6 Å². The van der Waals surface area contributed by atoms with Crippen LogP contribution < -0.4 is 10.1 Å². The van der Waals surface area contributed by atoms with Crippen molar-refractivity contribution in [3.63, 3.8) is 0 Å². The zero-order valence-corrected chi connectivity index (χ0v) is 23.8. The number of methoxy groups -OCH3 is 2. The number of nitrogens with one attached hydrogen (secondary N) is 1. The van der Waals surface area contributed by atoms with Gasteiger partial charge in [0.2, 0.25) is 0 Å². The molecule has 1 heterocycles. The maximum atomic E-state index is 13.7. The van der Waals surface area contributed by atoms with E-state index in [0.29, 0.717) is 30.1 Å². The summed E-state index contributed by atoms with van der Waals surface area (Å²) in [4.78, 5) is 29.5. The Morgan fingerprint density at radius 3 is 2.77 bits per heavy atom. The van der Waals surface area contributed by atoms with Gasteiger partial charge in [0.25, 0.3) is 5.91 Å². The number of aliphatic imine (C=N–C) groups is 1. The molecule has 0 spiro atoms. The molecule has 6 nitrogen and oxygen atoms in total. The lowest BCUT2D eigenvalue weighted by atomic mass is 9.82. The smallest absolute Gasteiger partial charge is 0.266 e. The third-order valence-corrected chi connectivity index (χ3v) is 7.84. The van der Waals surface area contributed by atoms with Gasteiger partial charge in [-0.15, -0.1) is 0 Å². The molecule has 1 amide bonds. The van der Waals surface area contributed by atoms with E-state index in [1.165, 1.54) is 16.7 Å². The van der Waals surface area contributed by atoms with E-state index in [1.807, 2.05) is 30.4 Å². The van der Waals surface area contributed by atoms with Crippen LogP contribution in [0.4, 0.5) is 0 Å². The number of aldehydes is 1. The van der Waals surface area contributed by atoms with Crippen molar-refractivity contribution in [3.05, 3.63) is 101 Å². The average molecular weight is 539 g/mol. The molecule has 2 aliphatic rings. The summed E-state index contributed by atoms with van der Waals surface area (Å²) in [5, 5.41) is 3.36. The van der Waals surface area contributed by atoms with E-state index in [-0.39, 0.29) is 17.7 Å². The molecular weight excluding hydrogens is 500 g/mol. The monoisotopic (exact) mass is 538 g/mol. The summed E-state index contributed by atoms with van der Waals surface area (Å²) in [6, 6.07) is 11.9. The molecule has 3 atom stereocenters. The first kappa shape index (κ1) is 29.0. The second kappa shape index (κ2) is 12.9. The first-order valence-electron chi connectivity index (χ1n) is 13.6. The highest BCUT2D eigenvalue weighted by Crippen LogP contribution is 2.40. The normalized spacial score (nSPS) is 20.6. The molecule has 2 aromatic carbocycles. The maximum Gasteiger partial charge on any atom is 0.266 e. The molecule has 2 unspecified atom stereocenters. The van der Waals surface area contributed by atoms with Crippen molar-refractivity contribution in [2.24, 2.45) is 16.8 Å². The molecule has 208 valence electrons. The summed E-state index contributed by atoms with van der Waals surface area (Å²) in [6.07, 6.45) is 14.7. The number of ether oxygens (including phenoxy) is 2. The van der Waals surface area contributed by atoms with Crippen LogP contribution >= 0.6 is 0 Å². The van der Waals surface area contributed by atoms with Gasteiger partial charge in [0, 0.05) is 19.2 Å². The van der Waals surface area contributed by atoms with Gasteiger partial charge in [0.05, 0.1) is 24.8 Å². The standard InChI is InChI=1S/C34H38N2O4/c1-6-7-8-17-34(3,36-33(38)32-29(22-39-4)23(2)16-18-35-32)30-11-9-10-27-25(14-15-28(27)30)19-24-12-13-26(21-37)31(20-24)40-5/h6-13,16,18-21,23,29H,1,14-15,17,22H2,2-5H3,(H,36,38)/b8-7-,25-19+/t23?,29-,34?/m0/s1. The largest absolute Gasteiger partial charge is 0.496 e. The van der Waals surface area contributed by atoms with E-state index < -0.39 is 5.54 Å². The fraction of sp³-hybridized carbons (Fsp3) is 0.324. The van der Waals surface area contributed by atoms with Crippen molar-refractivity contribution in [1.82, 2.24) is 5.32 Å². The zero-order valence-electron chi connectivity index (χ0n) is 23.8. The molecule has 0 radical (unpaired) electrons. The number of fused-ring (bicyclic) bond motifs is 1. The molecule has 6 heteroatoms. The molecule has 0 aromatic heterocycles. The fourth-order valence-electron chi connectivity index (χ4n) is 5.65. The number of allylic oxidation sites excluding steroid dienone is 4. The molecule has 1 aliphatic heterocycles. The van der Waals surface area contributed by atoms with Gasteiger partial charge in [-0.2, -0.15) is 0 Å². The second-order valence-corrected chi connectivity index (χ2v) is 10.6. The number of rotatable bonds is 11. The minimum atomic E-state index is -0.670. The molecule has 40 heavy (non-hydrogen) atoms. The first-order valence-corrected chi connectivity index (χ1v) is 13.6. The fourth-order valence-corrected chi connectivity index (χ4v) is 5.65. The van der Waals surface area contributed by atoms with Crippen LogP contribution in [0.5, 0.6) is 5.75 Å². The van der Waals surface area contributed by atoms with Crippen molar-refractivity contribution in [3.8, 4) is 5.75 Å². The minimum absolute atomic E-state index is 0.110. The Morgan fingerprint density at radius 1 is 1.23 bits per heavy atom. The van der Waals surface area contributed by atoms with Crippen LogP contribution in [0.1, 0.15) is 59.3 Å². The lowest BCUT2D eigenvalue weighted by Gasteiger charge is -2.34. The van der Waals surface area contributed by atoms with Crippen LogP contribution in [0.15, 0.2) is 78.5 Å².